The fraction of sp³-hybridized carbons (Fsp3) is 0.667. The van der Waals surface area contributed by atoms with Gasteiger partial charge in [-0.2, -0.15) is 9.77 Å². The summed E-state index contributed by atoms with van der Waals surface area (Å²) in [5, 5.41) is 5.98. The van der Waals surface area contributed by atoms with E-state index in [0.29, 0.717) is 5.95 Å². The summed E-state index contributed by atoms with van der Waals surface area (Å²) in [4.78, 5) is 5.48. The molecular weight excluding hydrogens is 142 g/mol. The molecule has 0 bridgehead atoms. The van der Waals surface area contributed by atoms with Crippen molar-refractivity contribution in [1.82, 2.24) is 14.9 Å². The van der Waals surface area contributed by atoms with Crippen molar-refractivity contribution in [3.05, 3.63) is 6.33 Å². The van der Waals surface area contributed by atoms with E-state index in [1.807, 2.05) is 5.01 Å². The van der Waals surface area contributed by atoms with Crippen molar-refractivity contribution in [2.24, 2.45) is 0 Å². The lowest BCUT2D eigenvalue weighted by Gasteiger charge is -2.18. The second kappa shape index (κ2) is 3.23. The van der Waals surface area contributed by atoms with Crippen LogP contribution in [0.25, 0.3) is 0 Å². The highest BCUT2D eigenvalue weighted by molar-refractivity contribution is 5.10. The molecule has 0 atom stereocenters. The van der Waals surface area contributed by atoms with Gasteiger partial charge >= 0.3 is 0 Å². The number of hydrogen-bond acceptors (Lipinski definition) is 4. The SMILES string of the molecule is CCN(CC)n1cnc(N)n1. The third kappa shape index (κ3) is 1.60. The van der Waals surface area contributed by atoms with E-state index in [1.54, 1.807) is 11.1 Å². The predicted molar refractivity (Wildman–Crippen MR) is 43.7 cm³/mol. The monoisotopic (exact) mass is 155 g/mol. The Morgan fingerprint density at radius 1 is 1.55 bits per heavy atom. The lowest BCUT2D eigenvalue weighted by Crippen LogP contribution is -2.34. The van der Waals surface area contributed by atoms with E-state index < -0.39 is 0 Å². The zero-order valence-electron chi connectivity index (χ0n) is 6.86. The van der Waals surface area contributed by atoms with Crippen LogP contribution in [0.3, 0.4) is 0 Å². The average molecular weight is 155 g/mol. The minimum Gasteiger partial charge on any atom is -0.366 e. The predicted octanol–water partition coefficient (Wildman–Crippen LogP) is -0.162. The molecule has 0 fully saturated rings. The molecule has 0 unspecified atom stereocenters. The van der Waals surface area contributed by atoms with E-state index in [-0.39, 0.29) is 0 Å². The summed E-state index contributed by atoms with van der Waals surface area (Å²) in [6.45, 7) is 5.92. The van der Waals surface area contributed by atoms with Crippen LogP contribution in [0.5, 0.6) is 0 Å². The Morgan fingerprint density at radius 3 is 2.55 bits per heavy atom. The third-order valence-electron chi connectivity index (χ3n) is 1.52. The smallest absolute Gasteiger partial charge is 0.241 e. The summed E-state index contributed by atoms with van der Waals surface area (Å²) in [7, 11) is 0. The van der Waals surface area contributed by atoms with Gasteiger partial charge in [0.05, 0.1) is 0 Å². The minimum absolute atomic E-state index is 0.317. The van der Waals surface area contributed by atoms with Gasteiger partial charge in [0.2, 0.25) is 5.95 Å². The summed E-state index contributed by atoms with van der Waals surface area (Å²) < 4.78 is 0. The Hall–Kier alpha value is -1.26. The highest BCUT2D eigenvalue weighted by Crippen LogP contribution is 1.91. The number of anilines is 1. The molecule has 1 heterocycles. The molecule has 0 radical (unpaired) electrons. The van der Waals surface area contributed by atoms with Gasteiger partial charge in [0.1, 0.15) is 6.33 Å². The highest BCUT2D eigenvalue weighted by Gasteiger charge is 2.00. The maximum atomic E-state index is 5.36. The van der Waals surface area contributed by atoms with Gasteiger partial charge < -0.3 is 5.73 Å². The molecule has 11 heavy (non-hydrogen) atoms. The van der Waals surface area contributed by atoms with Crippen molar-refractivity contribution in [3.63, 3.8) is 0 Å². The van der Waals surface area contributed by atoms with Gasteiger partial charge in [0.15, 0.2) is 0 Å². The summed E-state index contributed by atoms with van der Waals surface area (Å²) >= 11 is 0. The maximum absolute atomic E-state index is 5.36. The molecular formula is C6H13N5. The zero-order chi connectivity index (χ0) is 8.27. The van der Waals surface area contributed by atoms with Crippen LogP contribution in [-0.4, -0.2) is 28.0 Å². The van der Waals surface area contributed by atoms with Gasteiger partial charge in [-0.15, -0.1) is 5.10 Å². The molecule has 0 amide bonds. The maximum Gasteiger partial charge on any atom is 0.241 e. The average Bonchev–Trinajstić information content (AvgIpc) is 2.39. The molecule has 5 nitrogen and oxygen atoms in total. The highest BCUT2D eigenvalue weighted by atomic mass is 15.7. The third-order valence-corrected chi connectivity index (χ3v) is 1.52. The van der Waals surface area contributed by atoms with Crippen molar-refractivity contribution in [3.8, 4) is 0 Å². The number of nitrogens with zero attached hydrogens (tertiary/aromatic N) is 4. The van der Waals surface area contributed by atoms with Crippen molar-refractivity contribution in [1.29, 1.82) is 0 Å². The topological polar surface area (TPSA) is 60.0 Å². The molecule has 0 aliphatic rings. The minimum atomic E-state index is 0.317. The Morgan fingerprint density at radius 2 is 2.18 bits per heavy atom. The molecule has 5 heteroatoms. The van der Waals surface area contributed by atoms with E-state index in [0.717, 1.165) is 13.1 Å². The van der Waals surface area contributed by atoms with Gasteiger partial charge in [-0.1, -0.05) is 0 Å². The fourth-order valence-electron chi connectivity index (χ4n) is 0.917. The Bertz CT molecular complexity index is 215. The standard InChI is InChI=1S/C6H13N5/c1-3-10(4-2)11-5-8-6(7)9-11/h5H,3-4H2,1-2H3,(H2,7,9). The fourth-order valence-corrected chi connectivity index (χ4v) is 0.917. The molecule has 0 aliphatic carbocycles. The van der Waals surface area contributed by atoms with Crippen LogP contribution >= 0.6 is 0 Å². The molecule has 1 rings (SSSR count). The van der Waals surface area contributed by atoms with Crippen molar-refractivity contribution < 1.29 is 0 Å². The second-order valence-electron chi connectivity index (χ2n) is 2.16. The van der Waals surface area contributed by atoms with E-state index in [1.165, 1.54) is 0 Å². The molecule has 0 saturated carbocycles. The van der Waals surface area contributed by atoms with E-state index in [9.17, 15) is 0 Å². The summed E-state index contributed by atoms with van der Waals surface area (Å²) in [6, 6.07) is 0. The van der Waals surface area contributed by atoms with Gasteiger partial charge in [-0.05, 0) is 13.8 Å². The Labute approximate surface area is 65.8 Å². The normalized spacial score (nSPS) is 10.0. The van der Waals surface area contributed by atoms with Crippen LogP contribution in [0.15, 0.2) is 6.33 Å². The van der Waals surface area contributed by atoms with Crippen LogP contribution in [0.2, 0.25) is 0 Å². The Kier molecular flexibility index (Phi) is 2.30. The lowest BCUT2D eigenvalue weighted by molar-refractivity contribution is 0.557. The molecule has 1 aromatic heterocycles. The lowest BCUT2D eigenvalue weighted by atomic mass is 10.6. The Balaban J connectivity index is 2.73. The first-order valence-corrected chi connectivity index (χ1v) is 3.70. The molecule has 0 saturated heterocycles. The molecule has 2 N–H and O–H groups in total. The van der Waals surface area contributed by atoms with Crippen LogP contribution < -0.4 is 10.7 Å². The zero-order valence-corrected chi connectivity index (χ0v) is 6.86. The van der Waals surface area contributed by atoms with Crippen molar-refractivity contribution in [2.75, 3.05) is 23.8 Å². The first-order valence-electron chi connectivity index (χ1n) is 3.70. The first kappa shape index (κ1) is 7.84. The number of nitrogen functional groups attached to an aromatic ring is 1. The van der Waals surface area contributed by atoms with Crippen LogP contribution in [0.1, 0.15) is 13.8 Å². The van der Waals surface area contributed by atoms with Crippen LogP contribution in [0.4, 0.5) is 5.95 Å². The summed E-state index contributed by atoms with van der Waals surface area (Å²) in [5.74, 6) is 0.317. The quantitative estimate of drug-likeness (QED) is 0.658. The first-order chi connectivity index (χ1) is 5.27. The van der Waals surface area contributed by atoms with E-state index >= 15 is 0 Å². The van der Waals surface area contributed by atoms with Gasteiger partial charge in [0.25, 0.3) is 0 Å². The second-order valence-corrected chi connectivity index (χ2v) is 2.16. The van der Waals surface area contributed by atoms with Crippen LogP contribution in [0, 0.1) is 0 Å². The molecule has 0 aromatic carbocycles. The number of rotatable bonds is 3. The van der Waals surface area contributed by atoms with Gasteiger partial charge in [-0.25, -0.2) is 0 Å². The van der Waals surface area contributed by atoms with Gasteiger partial charge in [0, 0.05) is 13.1 Å². The van der Waals surface area contributed by atoms with E-state index in [4.69, 9.17) is 5.73 Å². The summed E-state index contributed by atoms with van der Waals surface area (Å²) in [6.07, 6.45) is 1.61. The van der Waals surface area contributed by atoms with Crippen molar-refractivity contribution >= 4 is 5.95 Å². The van der Waals surface area contributed by atoms with Crippen LogP contribution in [-0.2, 0) is 0 Å². The molecule has 0 aliphatic heterocycles. The number of hydrogen-bond donors (Lipinski definition) is 1. The number of aromatic nitrogens is 3. The summed E-state index contributed by atoms with van der Waals surface area (Å²) in [5.41, 5.74) is 5.36. The molecule has 1 aromatic rings. The molecule has 0 spiro atoms. The molecule has 62 valence electrons. The van der Waals surface area contributed by atoms with Crippen molar-refractivity contribution in [2.45, 2.75) is 13.8 Å². The van der Waals surface area contributed by atoms with E-state index in [2.05, 4.69) is 23.9 Å². The van der Waals surface area contributed by atoms with Gasteiger partial charge in [-0.3, -0.25) is 5.01 Å². The number of nitrogens with two attached hydrogens (primary N) is 1. The largest absolute Gasteiger partial charge is 0.366 e.